The normalized spacial score (nSPS) is 15.8. The van der Waals surface area contributed by atoms with Gasteiger partial charge in [-0.1, -0.05) is 30.3 Å². The van der Waals surface area contributed by atoms with Gasteiger partial charge in [0.1, 0.15) is 25.1 Å². The highest BCUT2D eigenvalue weighted by atomic mass is 32.2. The summed E-state index contributed by atoms with van der Waals surface area (Å²) in [5.74, 6) is 0.867. The zero-order valence-electron chi connectivity index (χ0n) is 18.9. The van der Waals surface area contributed by atoms with Crippen LogP contribution in [0.1, 0.15) is 11.4 Å². The zero-order valence-corrected chi connectivity index (χ0v) is 19.7. The summed E-state index contributed by atoms with van der Waals surface area (Å²) in [6.45, 7) is 2.23. The number of aliphatic hydroxyl groups is 1. The average molecular weight is 494 g/mol. The van der Waals surface area contributed by atoms with E-state index < -0.39 is 4.92 Å². The standard InChI is InChI=1S/C24H23N5O5S/c1-17-25-16-22(29(32)33)27(17)12-14-34-20-9-7-18(8-10-20)15-21-23(31)28(11-13-30)24(35-21)26-19-5-3-2-4-6-19/h2-10,15-16,30H,11-14H2,1H3/b21-15-,26-24?. The molecular formula is C24H23N5O5S. The van der Waals surface area contributed by atoms with E-state index >= 15 is 0 Å². The number of benzene rings is 2. The maximum absolute atomic E-state index is 12.9. The third kappa shape index (κ3) is 5.76. The van der Waals surface area contributed by atoms with Crippen molar-refractivity contribution in [1.29, 1.82) is 0 Å². The Morgan fingerprint density at radius 3 is 2.60 bits per heavy atom. The number of aromatic nitrogens is 2. The Balaban J connectivity index is 1.42. The molecule has 10 nitrogen and oxygen atoms in total. The van der Waals surface area contributed by atoms with E-state index in [0.29, 0.717) is 28.2 Å². The molecule has 1 N–H and O–H groups in total. The van der Waals surface area contributed by atoms with Crippen molar-refractivity contribution in [2.75, 3.05) is 19.8 Å². The number of carbonyl (C=O) groups excluding carboxylic acids is 1. The number of hydrogen-bond acceptors (Lipinski definition) is 8. The summed E-state index contributed by atoms with van der Waals surface area (Å²) in [5.41, 5.74) is 1.53. The number of aliphatic hydroxyl groups excluding tert-OH is 1. The lowest BCUT2D eigenvalue weighted by atomic mass is 10.2. The van der Waals surface area contributed by atoms with Gasteiger partial charge in [-0.25, -0.2) is 14.5 Å². The molecule has 11 heteroatoms. The minimum atomic E-state index is -0.470. The first-order valence-electron chi connectivity index (χ1n) is 10.8. The number of amidine groups is 1. The number of nitrogens with zero attached hydrogens (tertiary/aromatic N) is 5. The Hall–Kier alpha value is -3.96. The number of ether oxygens (including phenoxy) is 1. The molecule has 1 fully saturated rings. The van der Waals surface area contributed by atoms with Gasteiger partial charge >= 0.3 is 5.82 Å². The van der Waals surface area contributed by atoms with E-state index in [-0.39, 0.29) is 31.5 Å². The number of imidazole rings is 1. The molecule has 3 aromatic rings. The molecule has 35 heavy (non-hydrogen) atoms. The second-order valence-electron chi connectivity index (χ2n) is 7.51. The third-order valence-corrected chi connectivity index (χ3v) is 6.18. The molecule has 1 aliphatic heterocycles. The van der Waals surface area contributed by atoms with Gasteiger partial charge < -0.3 is 20.0 Å². The molecule has 4 rings (SSSR count). The van der Waals surface area contributed by atoms with Crippen molar-refractivity contribution in [3.63, 3.8) is 0 Å². The van der Waals surface area contributed by atoms with Gasteiger partial charge in [-0.15, -0.1) is 0 Å². The molecule has 0 aliphatic carbocycles. The van der Waals surface area contributed by atoms with E-state index in [9.17, 15) is 20.0 Å². The van der Waals surface area contributed by atoms with Crippen molar-refractivity contribution >= 4 is 40.4 Å². The lowest BCUT2D eigenvalue weighted by molar-refractivity contribution is -0.392. The van der Waals surface area contributed by atoms with E-state index in [1.807, 2.05) is 42.5 Å². The van der Waals surface area contributed by atoms with Gasteiger partial charge in [-0.05, 0) is 52.6 Å². The molecule has 2 heterocycles. The van der Waals surface area contributed by atoms with Crippen LogP contribution in [0.2, 0.25) is 0 Å². The number of aryl methyl sites for hydroxylation is 1. The summed E-state index contributed by atoms with van der Waals surface area (Å²) in [4.78, 5) is 34.0. The summed E-state index contributed by atoms with van der Waals surface area (Å²) in [7, 11) is 0. The number of aliphatic imine (C=N–C) groups is 1. The van der Waals surface area contributed by atoms with Gasteiger partial charge in [0.25, 0.3) is 5.91 Å². The molecule has 0 radical (unpaired) electrons. The largest absolute Gasteiger partial charge is 0.489 e. The Labute approximate surface area is 205 Å². The third-order valence-electron chi connectivity index (χ3n) is 5.18. The van der Waals surface area contributed by atoms with Gasteiger partial charge in [0.2, 0.25) is 0 Å². The van der Waals surface area contributed by atoms with Crippen LogP contribution in [0.15, 0.2) is 70.7 Å². The fraction of sp³-hybridized carbons (Fsp3) is 0.208. The monoisotopic (exact) mass is 493 g/mol. The van der Waals surface area contributed by atoms with Crippen LogP contribution >= 0.6 is 11.8 Å². The molecule has 0 saturated carbocycles. The molecule has 1 aliphatic rings. The lowest BCUT2D eigenvalue weighted by Crippen LogP contribution is -2.31. The van der Waals surface area contributed by atoms with Crippen LogP contribution in [0.5, 0.6) is 5.75 Å². The Kier molecular flexibility index (Phi) is 7.58. The van der Waals surface area contributed by atoms with E-state index in [0.717, 1.165) is 11.3 Å². The number of rotatable bonds is 9. The number of carbonyl (C=O) groups is 1. The van der Waals surface area contributed by atoms with Gasteiger partial charge in [0.15, 0.2) is 11.0 Å². The molecular weight excluding hydrogens is 470 g/mol. The van der Waals surface area contributed by atoms with Crippen molar-refractivity contribution < 1.29 is 19.6 Å². The summed E-state index contributed by atoms with van der Waals surface area (Å²) in [6, 6.07) is 16.5. The molecule has 1 aromatic heterocycles. The zero-order chi connectivity index (χ0) is 24.8. The first-order valence-corrected chi connectivity index (χ1v) is 11.6. The first-order chi connectivity index (χ1) is 17.0. The molecule has 0 bridgehead atoms. The highest BCUT2D eigenvalue weighted by Gasteiger charge is 2.33. The molecule has 0 unspecified atom stereocenters. The Morgan fingerprint density at radius 1 is 1.17 bits per heavy atom. The predicted molar refractivity (Wildman–Crippen MR) is 133 cm³/mol. The maximum Gasteiger partial charge on any atom is 0.342 e. The van der Waals surface area contributed by atoms with Crippen LogP contribution in [-0.2, 0) is 11.3 Å². The first kappa shape index (κ1) is 24.2. The molecule has 180 valence electrons. The number of amides is 1. The minimum absolute atomic E-state index is 0.0720. The molecule has 1 amide bonds. The Bertz CT molecular complexity index is 1270. The van der Waals surface area contributed by atoms with Crippen LogP contribution < -0.4 is 4.74 Å². The van der Waals surface area contributed by atoms with E-state index in [1.165, 1.54) is 27.4 Å². The smallest absolute Gasteiger partial charge is 0.342 e. The van der Waals surface area contributed by atoms with Crippen molar-refractivity contribution in [2.24, 2.45) is 4.99 Å². The van der Waals surface area contributed by atoms with Crippen LogP contribution in [0, 0.1) is 17.0 Å². The van der Waals surface area contributed by atoms with E-state index in [1.54, 1.807) is 25.1 Å². The number of β-amino-alcohol motifs (C(OH)–C–C–N with tert-alkyl or cyclic N) is 1. The lowest BCUT2D eigenvalue weighted by Gasteiger charge is -2.13. The summed E-state index contributed by atoms with van der Waals surface area (Å²) < 4.78 is 7.22. The van der Waals surface area contributed by atoms with Crippen LogP contribution in [0.4, 0.5) is 11.5 Å². The van der Waals surface area contributed by atoms with E-state index in [2.05, 4.69) is 9.98 Å². The average Bonchev–Trinajstić information content (AvgIpc) is 3.36. The van der Waals surface area contributed by atoms with Gasteiger partial charge in [0.05, 0.1) is 23.7 Å². The number of thioether (sulfide) groups is 1. The second kappa shape index (κ2) is 11.0. The number of para-hydroxylation sites is 1. The van der Waals surface area contributed by atoms with Gasteiger partial charge in [0, 0.05) is 6.92 Å². The molecule has 0 spiro atoms. The molecule has 1 saturated heterocycles. The quantitative estimate of drug-likeness (QED) is 0.273. The summed E-state index contributed by atoms with van der Waals surface area (Å²) in [6.07, 6.45) is 3.00. The van der Waals surface area contributed by atoms with Crippen molar-refractivity contribution in [1.82, 2.24) is 14.5 Å². The highest BCUT2D eigenvalue weighted by molar-refractivity contribution is 8.18. The van der Waals surface area contributed by atoms with Crippen molar-refractivity contribution in [3.8, 4) is 5.75 Å². The minimum Gasteiger partial charge on any atom is -0.489 e. The fourth-order valence-corrected chi connectivity index (χ4v) is 4.47. The van der Waals surface area contributed by atoms with Crippen LogP contribution in [0.3, 0.4) is 0 Å². The Morgan fingerprint density at radius 2 is 1.91 bits per heavy atom. The van der Waals surface area contributed by atoms with Gasteiger partial charge in [-0.2, -0.15) is 0 Å². The SMILES string of the molecule is Cc1ncc([N+](=O)[O-])n1CCOc1ccc(/C=C2\SC(=Nc3ccccc3)N(CCO)C2=O)cc1. The molecule has 0 atom stereocenters. The number of nitro groups is 1. The second-order valence-corrected chi connectivity index (χ2v) is 8.52. The van der Waals surface area contributed by atoms with Crippen LogP contribution in [-0.4, -0.2) is 55.3 Å². The predicted octanol–water partition coefficient (Wildman–Crippen LogP) is 3.78. The van der Waals surface area contributed by atoms with Crippen molar-refractivity contribution in [2.45, 2.75) is 13.5 Å². The number of hydrogen-bond donors (Lipinski definition) is 1. The fourth-order valence-electron chi connectivity index (χ4n) is 3.45. The summed E-state index contributed by atoms with van der Waals surface area (Å²) in [5, 5.41) is 21.0. The highest BCUT2D eigenvalue weighted by Crippen LogP contribution is 2.34. The van der Waals surface area contributed by atoms with Crippen LogP contribution in [0.25, 0.3) is 6.08 Å². The maximum atomic E-state index is 12.9. The molecule has 2 aromatic carbocycles. The van der Waals surface area contributed by atoms with E-state index in [4.69, 9.17) is 4.74 Å². The summed E-state index contributed by atoms with van der Waals surface area (Å²) >= 11 is 1.26. The van der Waals surface area contributed by atoms with Crippen molar-refractivity contribution in [3.05, 3.63) is 87.2 Å². The van der Waals surface area contributed by atoms with Gasteiger partial charge in [-0.3, -0.25) is 9.69 Å². The topological polar surface area (TPSA) is 123 Å².